The van der Waals surface area contributed by atoms with E-state index in [2.05, 4.69) is 10.6 Å². The Labute approximate surface area is 224 Å². The van der Waals surface area contributed by atoms with Crippen LogP contribution in [0.5, 0.6) is 0 Å². The lowest BCUT2D eigenvalue weighted by atomic mass is 9.88. The van der Waals surface area contributed by atoms with Gasteiger partial charge in [0.25, 0.3) is 0 Å². The van der Waals surface area contributed by atoms with Gasteiger partial charge in [-0.05, 0) is 63.0 Å². The van der Waals surface area contributed by atoms with Crippen molar-refractivity contribution in [1.29, 1.82) is 0 Å². The molecule has 0 bridgehead atoms. The molecule has 0 spiro atoms. The van der Waals surface area contributed by atoms with E-state index in [0.717, 1.165) is 5.56 Å². The molecule has 1 fully saturated rings. The van der Waals surface area contributed by atoms with Crippen molar-refractivity contribution >= 4 is 23.7 Å². The van der Waals surface area contributed by atoms with Gasteiger partial charge in [0.2, 0.25) is 17.7 Å². The van der Waals surface area contributed by atoms with Crippen LogP contribution in [-0.2, 0) is 25.6 Å². The van der Waals surface area contributed by atoms with Crippen molar-refractivity contribution in [2.45, 2.75) is 82.5 Å². The number of carboxylic acids is 1. The van der Waals surface area contributed by atoms with E-state index < -0.39 is 41.4 Å². The topological polar surface area (TPSA) is 194 Å². The van der Waals surface area contributed by atoms with E-state index >= 15 is 0 Å². The van der Waals surface area contributed by atoms with Gasteiger partial charge in [-0.3, -0.25) is 19.2 Å². The number of carbonyl (C=O) groups excluding carboxylic acids is 3. The van der Waals surface area contributed by atoms with Gasteiger partial charge in [0.05, 0.1) is 6.04 Å². The molecule has 0 unspecified atom stereocenters. The van der Waals surface area contributed by atoms with Crippen molar-refractivity contribution < 1.29 is 24.3 Å². The van der Waals surface area contributed by atoms with Crippen LogP contribution in [0.2, 0.25) is 0 Å². The predicted octanol–water partition coefficient (Wildman–Crippen LogP) is 0.106. The van der Waals surface area contributed by atoms with Crippen LogP contribution in [0.3, 0.4) is 0 Å². The molecule has 11 nitrogen and oxygen atoms in total. The van der Waals surface area contributed by atoms with Crippen molar-refractivity contribution in [1.82, 2.24) is 15.5 Å². The van der Waals surface area contributed by atoms with Gasteiger partial charge in [-0.25, -0.2) is 0 Å². The van der Waals surface area contributed by atoms with Crippen LogP contribution in [0, 0.1) is 5.92 Å². The molecule has 1 aromatic carbocycles. The Morgan fingerprint density at radius 2 is 1.61 bits per heavy atom. The number of carboxylic acid groups (broad SMARTS) is 1. The Balaban J connectivity index is 2.09. The van der Waals surface area contributed by atoms with Gasteiger partial charge in [0, 0.05) is 13.1 Å². The number of nitrogens with one attached hydrogen (secondary N) is 2. The third kappa shape index (κ3) is 9.38. The Morgan fingerprint density at radius 1 is 1.00 bits per heavy atom. The van der Waals surface area contributed by atoms with Crippen molar-refractivity contribution in [3.05, 3.63) is 35.9 Å². The molecule has 0 aromatic heterocycles. The fourth-order valence-corrected chi connectivity index (χ4v) is 4.53. The first-order chi connectivity index (χ1) is 18.0. The second kappa shape index (κ2) is 14.8. The molecule has 38 heavy (non-hydrogen) atoms. The highest BCUT2D eigenvalue weighted by atomic mass is 16.4. The number of piperidine rings is 1. The molecule has 11 heteroatoms. The molecule has 1 aliphatic rings. The molecule has 3 atom stereocenters. The number of carbonyl (C=O) groups is 4. The van der Waals surface area contributed by atoms with Crippen LogP contribution in [0.1, 0.15) is 57.9 Å². The van der Waals surface area contributed by atoms with E-state index in [1.54, 1.807) is 4.90 Å². The largest absolute Gasteiger partial charge is 0.480 e. The van der Waals surface area contributed by atoms with Crippen LogP contribution in [-0.4, -0.2) is 77.0 Å². The average molecular weight is 533 g/mol. The zero-order valence-corrected chi connectivity index (χ0v) is 22.5. The number of hydrogen-bond donors (Lipinski definition) is 6. The number of rotatable bonds is 14. The Kier molecular flexibility index (Phi) is 12.1. The third-order valence-corrected chi connectivity index (χ3v) is 6.93. The number of hydrogen-bond acceptors (Lipinski definition) is 7. The molecule has 2 rings (SSSR count). The van der Waals surface area contributed by atoms with Crippen LogP contribution in [0.15, 0.2) is 30.3 Å². The summed E-state index contributed by atoms with van der Waals surface area (Å²) in [5.74, 6) is -2.18. The lowest BCUT2D eigenvalue weighted by Gasteiger charge is -2.38. The second-order valence-electron chi connectivity index (χ2n) is 10.6. The zero-order valence-electron chi connectivity index (χ0n) is 22.5. The van der Waals surface area contributed by atoms with E-state index in [0.29, 0.717) is 38.6 Å². The standard InChI is InChI=1S/C27H44N6O5/c1-18(2)16-22(32-23(34)20(29)17-19-8-4-3-5-9-19)24(35)31-21(10-6-7-13-28)25(36)33-14-11-27(30,12-15-33)26(37)38/h3-5,8-9,18,20-22H,6-7,10-17,28-30H2,1-2H3,(H,31,35)(H,32,34)(H,37,38)/t20-,21+,22+/m0/s1. The fraction of sp³-hybridized carbons (Fsp3) is 0.630. The number of likely N-dealkylation sites (tertiary alicyclic amines) is 1. The molecule has 1 saturated heterocycles. The Morgan fingerprint density at radius 3 is 2.16 bits per heavy atom. The summed E-state index contributed by atoms with van der Waals surface area (Å²) in [5.41, 5.74) is 17.3. The fourth-order valence-electron chi connectivity index (χ4n) is 4.53. The summed E-state index contributed by atoms with van der Waals surface area (Å²) in [6.45, 7) is 4.71. The van der Waals surface area contributed by atoms with Crippen molar-refractivity contribution in [3.8, 4) is 0 Å². The van der Waals surface area contributed by atoms with E-state index in [4.69, 9.17) is 17.2 Å². The zero-order chi connectivity index (χ0) is 28.3. The molecule has 0 aliphatic carbocycles. The highest BCUT2D eigenvalue weighted by molar-refractivity contribution is 5.93. The summed E-state index contributed by atoms with van der Waals surface area (Å²) in [7, 11) is 0. The Hall–Kier alpha value is -3.02. The lowest BCUT2D eigenvalue weighted by molar-refractivity contribution is -0.148. The van der Waals surface area contributed by atoms with Gasteiger partial charge in [-0.2, -0.15) is 0 Å². The summed E-state index contributed by atoms with van der Waals surface area (Å²) in [4.78, 5) is 52.6. The molecular formula is C27H44N6O5. The molecular weight excluding hydrogens is 488 g/mol. The summed E-state index contributed by atoms with van der Waals surface area (Å²) in [6, 6.07) is 6.87. The van der Waals surface area contributed by atoms with E-state index in [1.807, 2.05) is 44.2 Å². The smallest absolute Gasteiger partial charge is 0.323 e. The number of aliphatic carboxylic acids is 1. The van der Waals surface area contributed by atoms with Gasteiger partial charge in [-0.15, -0.1) is 0 Å². The maximum atomic E-state index is 13.4. The second-order valence-corrected chi connectivity index (χ2v) is 10.6. The minimum atomic E-state index is -1.36. The number of amides is 3. The van der Waals surface area contributed by atoms with Crippen LogP contribution < -0.4 is 27.8 Å². The van der Waals surface area contributed by atoms with Crippen LogP contribution >= 0.6 is 0 Å². The molecule has 1 heterocycles. The molecule has 212 valence electrons. The van der Waals surface area contributed by atoms with Gasteiger partial charge in [-0.1, -0.05) is 44.2 Å². The average Bonchev–Trinajstić information content (AvgIpc) is 2.88. The highest BCUT2D eigenvalue weighted by Gasteiger charge is 2.40. The molecule has 9 N–H and O–H groups in total. The first-order valence-corrected chi connectivity index (χ1v) is 13.4. The van der Waals surface area contributed by atoms with E-state index in [1.165, 1.54) is 0 Å². The monoisotopic (exact) mass is 532 g/mol. The number of nitrogens with zero attached hydrogens (tertiary/aromatic N) is 1. The van der Waals surface area contributed by atoms with Crippen molar-refractivity contribution in [2.24, 2.45) is 23.1 Å². The summed E-state index contributed by atoms with van der Waals surface area (Å²) in [5, 5.41) is 15.0. The normalized spacial score (nSPS) is 17.4. The molecule has 0 saturated carbocycles. The molecule has 1 aromatic rings. The SMILES string of the molecule is CC(C)C[C@@H](NC(=O)[C@@H](N)Cc1ccccc1)C(=O)N[C@H](CCCCN)C(=O)N1CCC(N)(C(=O)O)CC1. The van der Waals surface area contributed by atoms with Crippen molar-refractivity contribution in [2.75, 3.05) is 19.6 Å². The first kappa shape index (κ1) is 31.2. The summed E-state index contributed by atoms with van der Waals surface area (Å²) < 4.78 is 0. The van der Waals surface area contributed by atoms with Gasteiger partial charge < -0.3 is 37.8 Å². The van der Waals surface area contributed by atoms with E-state index in [9.17, 15) is 24.3 Å². The van der Waals surface area contributed by atoms with Crippen LogP contribution in [0.4, 0.5) is 0 Å². The maximum absolute atomic E-state index is 13.4. The van der Waals surface area contributed by atoms with Crippen molar-refractivity contribution in [3.63, 3.8) is 0 Å². The summed E-state index contributed by atoms with van der Waals surface area (Å²) >= 11 is 0. The maximum Gasteiger partial charge on any atom is 0.323 e. The predicted molar refractivity (Wildman–Crippen MR) is 145 cm³/mol. The minimum Gasteiger partial charge on any atom is -0.480 e. The molecule has 3 amide bonds. The molecule has 1 aliphatic heterocycles. The highest BCUT2D eigenvalue weighted by Crippen LogP contribution is 2.21. The van der Waals surface area contributed by atoms with Crippen LogP contribution in [0.25, 0.3) is 0 Å². The number of benzene rings is 1. The van der Waals surface area contributed by atoms with Gasteiger partial charge in [0.1, 0.15) is 17.6 Å². The quantitative estimate of drug-likeness (QED) is 0.182. The van der Waals surface area contributed by atoms with E-state index in [-0.39, 0.29) is 37.8 Å². The minimum absolute atomic E-state index is 0.0959. The number of nitrogens with two attached hydrogens (primary N) is 3. The van der Waals surface area contributed by atoms with Gasteiger partial charge >= 0.3 is 5.97 Å². The number of unbranched alkanes of at least 4 members (excludes halogenated alkanes) is 1. The molecule has 0 radical (unpaired) electrons. The third-order valence-electron chi connectivity index (χ3n) is 6.93. The lowest BCUT2D eigenvalue weighted by Crippen LogP contribution is -2.60. The summed E-state index contributed by atoms with van der Waals surface area (Å²) in [6.07, 6.45) is 2.64. The Bertz CT molecular complexity index is 933. The van der Waals surface area contributed by atoms with Gasteiger partial charge in [0.15, 0.2) is 0 Å². The first-order valence-electron chi connectivity index (χ1n) is 13.4.